The molecule has 1 aliphatic rings. The van der Waals surface area contributed by atoms with E-state index < -0.39 is 0 Å². The number of aliphatic hydroxyl groups excluding tert-OH is 1. The molecule has 1 fully saturated rings. The Morgan fingerprint density at radius 1 is 1.42 bits per heavy atom. The van der Waals surface area contributed by atoms with Crippen molar-refractivity contribution in [2.75, 3.05) is 32.1 Å². The van der Waals surface area contributed by atoms with Gasteiger partial charge < -0.3 is 14.9 Å². The van der Waals surface area contributed by atoms with Gasteiger partial charge in [-0.25, -0.2) is 4.98 Å². The molecule has 1 aromatic rings. The maximum absolute atomic E-state index is 9.46. The lowest BCUT2D eigenvalue weighted by Crippen LogP contribution is -2.34. The van der Waals surface area contributed by atoms with Crippen LogP contribution in [0.25, 0.3) is 0 Å². The highest BCUT2D eigenvalue weighted by Gasteiger charge is 2.33. The number of aliphatic hydroxyl groups is 1. The minimum absolute atomic E-state index is 0.103. The number of aromatic nitrogens is 1. The van der Waals surface area contributed by atoms with E-state index in [0.29, 0.717) is 17.9 Å². The summed E-state index contributed by atoms with van der Waals surface area (Å²) in [7, 11) is 4.29. The first-order valence-corrected chi connectivity index (χ1v) is 7.77. The largest absolute Gasteiger partial charge is 0.391 e. The zero-order chi connectivity index (χ0) is 14.2. The summed E-state index contributed by atoms with van der Waals surface area (Å²) in [6.45, 7) is 8.75. The fraction of sp³-hybridized carbons (Fsp3) is 0.786. The van der Waals surface area contributed by atoms with Crippen molar-refractivity contribution >= 4 is 16.5 Å². The second kappa shape index (κ2) is 5.77. The van der Waals surface area contributed by atoms with Crippen LogP contribution in [0.4, 0.5) is 5.13 Å². The van der Waals surface area contributed by atoms with Gasteiger partial charge in [-0.3, -0.25) is 0 Å². The predicted octanol–water partition coefficient (Wildman–Crippen LogP) is 2.15. The zero-order valence-electron chi connectivity index (χ0n) is 12.6. The molecular weight excluding hydrogens is 258 g/mol. The van der Waals surface area contributed by atoms with Gasteiger partial charge in [-0.1, -0.05) is 32.1 Å². The Balaban J connectivity index is 2.19. The molecule has 2 unspecified atom stereocenters. The molecule has 2 heterocycles. The van der Waals surface area contributed by atoms with E-state index in [2.05, 4.69) is 44.7 Å². The topological polar surface area (TPSA) is 39.6 Å². The first-order valence-electron chi connectivity index (χ1n) is 6.95. The van der Waals surface area contributed by atoms with Gasteiger partial charge in [0.25, 0.3) is 0 Å². The van der Waals surface area contributed by atoms with Crippen LogP contribution in [0.1, 0.15) is 37.3 Å². The Kier molecular flexibility index (Phi) is 4.48. The summed E-state index contributed by atoms with van der Waals surface area (Å²) in [6.07, 6.45) is 0. The Morgan fingerprint density at radius 2 is 2.11 bits per heavy atom. The molecule has 1 aromatic heterocycles. The summed E-state index contributed by atoms with van der Waals surface area (Å²) < 4.78 is 0. The van der Waals surface area contributed by atoms with E-state index in [-0.39, 0.29) is 6.61 Å². The van der Waals surface area contributed by atoms with Gasteiger partial charge in [-0.2, -0.15) is 0 Å². The van der Waals surface area contributed by atoms with Crippen molar-refractivity contribution in [1.29, 1.82) is 0 Å². The maximum atomic E-state index is 9.46. The minimum Gasteiger partial charge on any atom is -0.391 e. The van der Waals surface area contributed by atoms with Crippen LogP contribution in [0.5, 0.6) is 0 Å². The molecule has 0 aliphatic carbocycles. The van der Waals surface area contributed by atoms with Crippen molar-refractivity contribution in [2.45, 2.75) is 39.3 Å². The van der Waals surface area contributed by atoms with Crippen LogP contribution >= 0.6 is 11.3 Å². The molecule has 2 atom stereocenters. The lowest BCUT2D eigenvalue weighted by atomic mass is 10.1. The van der Waals surface area contributed by atoms with Gasteiger partial charge in [0.15, 0.2) is 5.13 Å². The third kappa shape index (κ3) is 2.93. The summed E-state index contributed by atoms with van der Waals surface area (Å²) in [5.74, 6) is 1.02. The third-order valence-electron chi connectivity index (χ3n) is 3.91. The highest BCUT2D eigenvalue weighted by atomic mass is 32.1. The highest BCUT2D eigenvalue weighted by Crippen LogP contribution is 2.34. The van der Waals surface area contributed by atoms with Gasteiger partial charge in [0.2, 0.25) is 0 Å². The molecular formula is C14H25N3OS. The van der Waals surface area contributed by atoms with Gasteiger partial charge in [0.05, 0.1) is 17.2 Å². The molecule has 0 bridgehead atoms. The fourth-order valence-electron chi connectivity index (χ4n) is 2.83. The Morgan fingerprint density at radius 3 is 2.53 bits per heavy atom. The van der Waals surface area contributed by atoms with Gasteiger partial charge >= 0.3 is 0 Å². The molecule has 2 rings (SSSR count). The number of thiazole rings is 1. The maximum Gasteiger partial charge on any atom is 0.185 e. The average Bonchev–Trinajstić information content (AvgIpc) is 2.91. The molecule has 0 radical (unpaired) electrons. The number of rotatable bonds is 4. The van der Waals surface area contributed by atoms with Crippen molar-refractivity contribution in [3.8, 4) is 0 Å². The molecule has 0 saturated carbocycles. The van der Waals surface area contributed by atoms with Crippen LogP contribution in [0.15, 0.2) is 0 Å². The number of nitrogens with zero attached hydrogens (tertiary/aromatic N) is 3. The zero-order valence-corrected chi connectivity index (χ0v) is 13.4. The molecule has 5 heteroatoms. The number of likely N-dealkylation sites (N-methyl/N-ethyl adjacent to an activating group) is 1. The quantitative estimate of drug-likeness (QED) is 0.919. The van der Waals surface area contributed by atoms with Crippen molar-refractivity contribution in [2.24, 2.45) is 5.92 Å². The van der Waals surface area contributed by atoms with E-state index in [9.17, 15) is 5.11 Å². The second-order valence-electron chi connectivity index (χ2n) is 6.03. The molecule has 1 aliphatic heterocycles. The normalized spacial score (nSPS) is 23.9. The van der Waals surface area contributed by atoms with Crippen LogP contribution in [0.3, 0.4) is 0 Å². The summed E-state index contributed by atoms with van der Waals surface area (Å²) >= 11 is 1.65. The van der Waals surface area contributed by atoms with Crippen molar-refractivity contribution in [3.63, 3.8) is 0 Å². The lowest BCUT2D eigenvalue weighted by molar-refractivity contribution is 0.266. The first-order chi connectivity index (χ1) is 8.93. The summed E-state index contributed by atoms with van der Waals surface area (Å²) in [6, 6.07) is 0.587. The Labute approximate surface area is 120 Å². The monoisotopic (exact) mass is 283 g/mol. The first kappa shape index (κ1) is 14.8. The van der Waals surface area contributed by atoms with E-state index in [1.54, 1.807) is 11.3 Å². The number of anilines is 1. The smallest absolute Gasteiger partial charge is 0.185 e. The Bertz CT molecular complexity index is 430. The molecule has 1 N–H and O–H groups in total. The van der Waals surface area contributed by atoms with Crippen molar-refractivity contribution in [1.82, 2.24) is 9.88 Å². The highest BCUT2D eigenvalue weighted by molar-refractivity contribution is 7.15. The lowest BCUT2D eigenvalue weighted by Gasteiger charge is -2.22. The van der Waals surface area contributed by atoms with Crippen LogP contribution in [-0.4, -0.2) is 48.2 Å². The van der Waals surface area contributed by atoms with E-state index in [1.807, 2.05) is 0 Å². The summed E-state index contributed by atoms with van der Waals surface area (Å²) in [5.41, 5.74) is 1.06. The minimum atomic E-state index is 0.103. The SMILES string of the molecule is CC(C)c1nc(N2CC(C)C(N(C)C)C2)sc1CO. The molecule has 19 heavy (non-hydrogen) atoms. The molecule has 108 valence electrons. The average molecular weight is 283 g/mol. The third-order valence-corrected chi connectivity index (χ3v) is 5.03. The molecule has 0 aromatic carbocycles. The number of hydrogen-bond acceptors (Lipinski definition) is 5. The van der Waals surface area contributed by atoms with Crippen LogP contribution < -0.4 is 4.90 Å². The molecule has 1 saturated heterocycles. The van der Waals surface area contributed by atoms with E-state index in [4.69, 9.17) is 4.98 Å². The van der Waals surface area contributed by atoms with E-state index in [1.165, 1.54) is 0 Å². The molecule has 4 nitrogen and oxygen atoms in total. The standard InChI is InChI=1S/C14H25N3OS/c1-9(2)13-12(8-18)19-14(15-13)17-6-10(3)11(7-17)16(4)5/h9-11,18H,6-8H2,1-5H3. The summed E-state index contributed by atoms with van der Waals surface area (Å²) in [5, 5.41) is 10.5. The number of hydrogen-bond donors (Lipinski definition) is 1. The van der Waals surface area contributed by atoms with Crippen molar-refractivity contribution in [3.05, 3.63) is 10.6 Å². The van der Waals surface area contributed by atoms with E-state index in [0.717, 1.165) is 28.8 Å². The summed E-state index contributed by atoms with van der Waals surface area (Å²) in [4.78, 5) is 10.4. The van der Waals surface area contributed by atoms with Gasteiger partial charge in [-0.05, 0) is 25.9 Å². The van der Waals surface area contributed by atoms with Gasteiger partial charge in [0, 0.05) is 19.1 Å². The molecule has 0 amide bonds. The Hall–Kier alpha value is -0.650. The van der Waals surface area contributed by atoms with Crippen molar-refractivity contribution < 1.29 is 5.11 Å². The second-order valence-corrected chi connectivity index (χ2v) is 7.09. The van der Waals surface area contributed by atoms with Crippen LogP contribution in [0.2, 0.25) is 0 Å². The predicted molar refractivity (Wildman–Crippen MR) is 81.0 cm³/mol. The van der Waals surface area contributed by atoms with Crippen LogP contribution in [0, 0.1) is 5.92 Å². The fourth-order valence-corrected chi connectivity index (χ4v) is 3.92. The van der Waals surface area contributed by atoms with E-state index >= 15 is 0 Å². The van der Waals surface area contributed by atoms with Gasteiger partial charge in [-0.15, -0.1) is 0 Å². The van der Waals surface area contributed by atoms with Crippen LogP contribution in [-0.2, 0) is 6.61 Å². The molecule has 0 spiro atoms. The van der Waals surface area contributed by atoms with Gasteiger partial charge in [0.1, 0.15) is 0 Å².